The minimum atomic E-state index is -0.896. The monoisotopic (exact) mass is 486 g/mol. The van der Waals surface area contributed by atoms with E-state index in [0.29, 0.717) is 18.1 Å². The molecule has 0 spiro atoms. The average Bonchev–Trinajstić information content (AvgIpc) is 3.14. The summed E-state index contributed by atoms with van der Waals surface area (Å²) in [5, 5.41) is 7.43. The lowest BCUT2D eigenvalue weighted by Crippen LogP contribution is -2.53. The molecule has 2 aliphatic heterocycles. The quantitative estimate of drug-likeness (QED) is 0.465. The molecule has 6 nitrogen and oxygen atoms in total. The van der Waals surface area contributed by atoms with Crippen molar-refractivity contribution in [3.8, 4) is 0 Å². The van der Waals surface area contributed by atoms with E-state index >= 15 is 0 Å². The maximum atomic E-state index is 13.2. The molecule has 0 saturated heterocycles. The summed E-state index contributed by atoms with van der Waals surface area (Å²) < 4.78 is 5.44. The second-order valence-electron chi connectivity index (χ2n) is 8.49. The lowest BCUT2D eigenvalue weighted by molar-refractivity contribution is -0.136. The Bertz CT molecular complexity index is 1260. The average molecular weight is 487 g/mol. The number of anilines is 1. The SMILES string of the molecule is CCOC(=O)C1=NN(c2ccc(Cl)cc2)C2(c3ccccc3)C=C(c3ccccc3)N(C)CCN12. The molecule has 178 valence electrons. The number of hydrogen-bond acceptors (Lipinski definition) is 6. The fourth-order valence-electron chi connectivity index (χ4n) is 4.73. The van der Waals surface area contributed by atoms with Crippen molar-refractivity contribution in [3.63, 3.8) is 0 Å². The number of likely N-dealkylation sites (N-methyl/N-ethyl adjacent to an activating group) is 1. The largest absolute Gasteiger partial charge is 0.460 e. The van der Waals surface area contributed by atoms with Crippen molar-refractivity contribution < 1.29 is 9.53 Å². The van der Waals surface area contributed by atoms with Crippen molar-refractivity contribution in [1.82, 2.24) is 9.80 Å². The van der Waals surface area contributed by atoms with E-state index in [1.807, 2.05) is 65.7 Å². The van der Waals surface area contributed by atoms with Crippen LogP contribution in [0.5, 0.6) is 0 Å². The van der Waals surface area contributed by atoms with Crippen LogP contribution in [0.4, 0.5) is 5.69 Å². The van der Waals surface area contributed by atoms with Crippen LogP contribution in [0.2, 0.25) is 5.02 Å². The molecule has 5 rings (SSSR count). The first-order valence-electron chi connectivity index (χ1n) is 11.7. The number of hydrazone groups is 1. The number of amidine groups is 1. The summed E-state index contributed by atoms with van der Waals surface area (Å²) in [6, 6.07) is 28.0. The normalized spacial score (nSPS) is 19.6. The third-order valence-electron chi connectivity index (χ3n) is 6.39. The number of nitrogens with zero attached hydrogens (tertiary/aromatic N) is 4. The van der Waals surface area contributed by atoms with Crippen molar-refractivity contribution >= 4 is 34.8 Å². The zero-order valence-electron chi connectivity index (χ0n) is 19.8. The summed E-state index contributed by atoms with van der Waals surface area (Å²) in [4.78, 5) is 17.5. The number of esters is 1. The smallest absolute Gasteiger partial charge is 0.376 e. The van der Waals surface area contributed by atoms with Crippen LogP contribution in [0, 0.1) is 0 Å². The predicted octanol–water partition coefficient (Wildman–Crippen LogP) is 5.18. The van der Waals surface area contributed by atoms with Gasteiger partial charge >= 0.3 is 5.97 Å². The number of carbonyl (C=O) groups is 1. The second kappa shape index (κ2) is 9.47. The Morgan fingerprint density at radius 3 is 2.29 bits per heavy atom. The molecule has 1 atom stereocenters. The van der Waals surface area contributed by atoms with Gasteiger partial charge in [-0.15, -0.1) is 5.10 Å². The van der Waals surface area contributed by atoms with Crippen molar-refractivity contribution in [3.05, 3.63) is 107 Å². The number of benzene rings is 3. The third kappa shape index (κ3) is 4.04. The molecule has 1 unspecified atom stereocenters. The van der Waals surface area contributed by atoms with Crippen LogP contribution in [0.1, 0.15) is 18.1 Å². The first kappa shape index (κ1) is 23.0. The molecule has 0 fully saturated rings. The Balaban J connectivity index is 1.80. The summed E-state index contributed by atoms with van der Waals surface area (Å²) in [6.45, 7) is 3.34. The van der Waals surface area contributed by atoms with Crippen molar-refractivity contribution in [2.24, 2.45) is 5.10 Å². The number of halogens is 1. The fourth-order valence-corrected chi connectivity index (χ4v) is 4.85. The van der Waals surface area contributed by atoms with Gasteiger partial charge < -0.3 is 14.5 Å². The second-order valence-corrected chi connectivity index (χ2v) is 8.93. The highest BCUT2D eigenvalue weighted by Crippen LogP contribution is 2.45. The molecule has 35 heavy (non-hydrogen) atoms. The van der Waals surface area contributed by atoms with Gasteiger partial charge in [-0.05, 0) is 42.8 Å². The molecule has 3 aromatic rings. The van der Waals surface area contributed by atoms with Crippen LogP contribution in [0.15, 0.2) is 96.1 Å². The maximum Gasteiger partial charge on any atom is 0.376 e. The van der Waals surface area contributed by atoms with Gasteiger partial charge in [-0.3, -0.25) is 0 Å². The van der Waals surface area contributed by atoms with E-state index in [9.17, 15) is 4.79 Å². The van der Waals surface area contributed by atoms with Crippen LogP contribution in [-0.2, 0) is 15.2 Å². The van der Waals surface area contributed by atoms with Crippen LogP contribution >= 0.6 is 11.6 Å². The van der Waals surface area contributed by atoms with Gasteiger partial charge in [-0.25, -0.2) is 9.80 Å². The first-order valence-corrected chi connectivity index (χ1v) is 12.1. The third-order valence-corrected chi connectivity index (χ3v) is 6.64. The van der Waals surface area contributed by atoms with Crippen LogP contribution in [-0.4, -0.2) is 48.3 Å². The van der Waals surface area contributed by atoms with Gasteiger partial charge in [0.15, 0.2) is 5.66 Å². The van der Waals surface area contributed by atoms with E-state index < -0.39 is 11.6 Å². The van der Waals surface area contributed by atoms with Crippen molar-refractivity contribution in [1.29, 1.82) is 0 Å². The molecule has 0 N–H and O–H groups in total. The van der Waals surface area contributed by atoms with Crippen LogP contribution in [0.3, 0.4) is 0 Å². The van der Waals surface area contributed by atoms with Crippen LogP contribution < -0.4 is 5.01 Å². The van der Waals surface area contributed by atoms with E-state index in [2.05, 4.69) is 47.2 Å². The van der Waals surface area contributed by atoms with E-state index in [4.69, 9.17) is 21.4 Å². The lowest BCUT2D eigenvalue weighted by atomic mass is 9.93. The topological polar surface area (TPSA) is 48.4 Å². The van der Waals surface area contributed by atoms with E-state index in [-0.39, 0.29) is 12.4 Å². The Morgan fingerprint density at radius 2 is 1.63 bits per heavy atom. The molecule has 7 heteroatoms. The van der Waals surface area contributed by atoms with Crippen molar-refractivity contribution in [2.75, 3.05) is 31.8 Å². The number of fused-ring (bicyclic) bond motifs is 1. The fraction of sp³-hybridized carbons (Fsp3) is 0.214. The predicted molar refractivity (Wildman–Crippen MR) is 140 cm³/mol. The summed E-state index contributed by atoms with van der Waals surface area (Å²) >= 11 is 6.22. The highest BCUT2D eigenvalue weighted by Gasteiger charge is 2.53. The van der Waals surface area contributed by atoms with Crippen molar-refractivity contribution in [2.45, 2.75) is 12.6 Å². The summed E-state index contributed by atoms with van der Waals surface area (Å²) in [7, 11) is 2.08. The molecule has 2 aliphatic rings. The van der Waals surface area contributed by atoms with Gasteiger partial charge in [0.2, 0.25) is 5.84 Å². The molecular formula is C28H27ClN4O2. The van der Waals surface area contributed by atoms with E-state index in [1.54, 1.807) is 6.92 Å². The summed E-state index contributed by atoms with van der Waals surface area (Å²) in [5.41, 5.74) is 3.05. The van der Waals surface area contributed by atoms with Gasteiger partial charge in [0, 0.05) is 36.4 Å². The van der Waals surface area contributed by atoms with Crippen LogP contribution in [0.25, 0.3) is 5.70 Å². The molecule has 0 amide bonds. The zero-order valence-corrected chi connectivity index (χ0v) is 20.5. The molecule has 2 heterocycles. The summed E-state index contributed by atoms with van der Waals surface area (Å²) in [5.74, 6) is -0.159. The molecule has 0 saturated carbocycles. The Hall–Kier alpha value is -3.77. The molecule has 0 radical (unpaired) electrons. The van der Waals surface area contributed by atoms with E-state index in [0.717, 1.165) is 22.5 Å². The Kier molecular flexibility index (Phi) is 6.22. The van der Waals surface area contributed by atoms with Gasteiger partial charge in [0.1, 0.15) is 0 Å². The summed E-state index contributed by atoms with van der Waals surface area (Å²) in [6.07, 6.45) is 2.20. The number of rotatable bonds is 5. The highest BCUT2D eigenvalue weighted by atomic mass is 35.5. The Morgan fingerprint density at radius 1 is 0.971 bits per heavy atom. The number of carbonyl (C=O) groups excluding carboxylic acids is 1. The van der Waals surface area contributed by atoms with E-state index in [1.165, 1.54) is 0 Å². The minimum Gasteiger partial charge on any atom is -0.460 e. The molecule has 0 bridgehead atoms. The standard InChI is InChI=1S/C28H27ClN4O2/c1-3-35-27(34)26-30-33(24-16-14-23(29)15-17-24)28(22-12-8-5-9-13-22)20-25(21-10-6-4-7-11-21)31(2)18-19-32(26)28/h4-17,20H,3,18-19H2,1-2H3. The number of ether oxygens (including phenoxy) is 1. The minimum absolute atomic E-state index is 0.274. The van der Waals surface area contributed by atoms with Gasteiger partial charge in [-0.1, -0.05) is 72.3 Å². The van der Waals surface area contributed by atoms with Gasteiger partial charge in [0.25, 0.3) is 0 Å². The Labute approximate surface area is 210 Å². The first-order chi connectivity index (χ1) is 17.0. The number of hydrogen-bond donors (Lipinski definition) is 0. The molecule has 3 aromatic carbocycles. The lowest BCUT2D eigenvalue weighted by Gasteiger charge is -2.42. The highest BCUT2D eigenvalue weighted by molar-refractivity contribution is 6.36. The molecule has 0 aliphatic carbocycles. The zero-order chi connectivity index (χ0) is 24.4. The maximum absolute atomic E-state index is 13.2. The molecular weight excluding hydrogens is 460 g/mol. The molecule has 0 aromatic heterocycles. The van der Waals surface area contributed by atoms with Gasteiger partial charge in [-0.2, -0.15) is 0 Å². The van der Waals surface area contributed by atoms with Gasteiger partial charge in [0.05, 0.1) is 12.3 Å².